The SMILES string of the molecule is CC#CC(F)(F)C#CCC(F)F. The van der Waals surface area contributed by atoms with Crippen molar-refractivity contribution in [3.8, 4) is 23.7 Å². The second-order valence-corrected chi connectivity index (χ2v) is 1.85. The molecule has 0 heterocycles. The Morgan fingerprint density at radius 2 is 1.83 bits per heavy atom. The molecule has 0 spiro atoms. The molecule has 0 unspecified atom stereocenters. The van der Waals surface area contributed by atoms with Crippen LogP contribution in [0, 0.1) is 23.7 Å². The van der Waals surface area contributed by atoms with Crippen molar-refractivity contribution < 1.29 is 17.6 Å². The second-order valence-electron chi connectivity index (χ2n) is 1.85. The molecule has 0 amide bonds. The van der Waals surface area contributed by atoms with Crippen molar-refractivity contribution in [3.63, 3.8) is 0 Å². The van der Waals surface area contributed by atoms with Gasteiger partial charge in [-0.2, -0.15) is 8.78 Å². The van der Waals surface area contributed by atoms with E-state index in [2.05, 4.69) is 0 Å². The highest BCUT2D eigenvalue weighted by atomic mass is 19.3. The van der Waals surface area contributed by atoms with Gasteiger partial charge in [0.25, 0.3) is 0 Å². The van der Waals surface area contributed by atoms with Crippen molar-refractivity contribution in [1.29, 1.82) is 0 Å². The molecule has 0 atom stereocenters. The topological polar surface area (TPSA) is 0 Å². The van der Waals surface area contributed by atoms with Gasteiger partial charge in [0.2, 0.25) is 6.43 Å². The number of hydrogen-bond donors (Lipinski definition) is 0. The van der Waals surface area contributed by atoms with Crippen LogP contribution in [-0.2, 0) is 0 Å². The number of hydrogen-bond acceptors (Lipinski definition) is 0. The van der Waals surface area contributed by atoms with Crippen LogP contribution < -0.4 is 0 Å². The van der Waals surface area contributed by atoms with E-state index < -0.39 is 18.8 Å². The summed E-state index contributed by atoms with van der Waals surface area (Å²) in [5.74, 6) is 2.99. The minimum atomic E-state index is -3.47. The third-order valence-corrected chi connectivity index (χ3v) is 0.784. The summed E-state index contributed by atoms with van der Waals surface area (Å²) in [6, 6.07) is 0. The molecule has 0 saturated carbocycles. The number of alkyl halides is 4. The van der Waals surface area contributed by atoms with Gasteiger partial charge in [-0.15, -0.1) is 0 Å². The lowest BCUT2D eigenvalue weighted by molar-refractivity contribution is 0.133. The fourth-order valence-electron chi connectivity index (χ4n) is 0.427. The van der Waals surface area contributed by atoms with Crippen molar-refractivity contribution in [3.05, 3.63) is 0 Å². The molecule has 0 fully saturated rings. The first-order chi connectivity index (χ1) is 5.48. The lowest BCUT2D eigenvalue weighted by Gasteiger charge is -1.96. The van der Waals surface area contributed by atoms with E-state index in [1.54, 1.807) is 5.92 Å². The molecular formula is C8H6F4. The van der Waals surface area contributed by atoms with Gasteiger partial charge in [-0.1, -0.05) is 11.8 Å². The van der Waals surface area contributed by atoms with E-state index in [9.17, 15) is 17.6 Å². The summed E-state index contributed by atoms with van der Waals surface area (Å²) in [5, 5.41) is 0. The first-order valence-corrected chi connectivity index (χ1v) is 3.08. The predicted octanol–water partition coefficient (Wildman–Crippen LogP) is 2.30. The predicted molar refractivity (Wildman–Crippen MR) is 36.8 cm³/mol. The molecule has 0 aromatic heterocycles. The van der Waals surface area contributed by atoms with Gasteiger partial charge in [-0.25, -0.2) is 8.78 Å². The highest BCUT2D eigenvalue weighted by Gasteiger charge is 2.21. The smallest absolute Gasteiger partial charge is 0.209 e. The van der Waals surface area contributed by atoms with Crippen molar-refractivity contribution in [2.24, 2.45) is 0 Å². The van der Waals surface area contributed by atoms with Crippen molar-refractivity contribution in [2.75, 3.05) is 0 Å². The van der Waals surface area contributed by atoms with Crippen molar-refractivity contribution >= 4 is 0 Å². The van der Waals surface area contributed by atoms with E-state index in [1.165, 1.54) is 18.8 Å². The number of halogens is 4. The average molecular weight is 178 g/mol. The highest BCUT2D eigenvalue weighted by molar-refractivity contribution is 5.24. The normalized spacial score (nSPS) is 9.83. The zero-order valence-corrected chi connectivity index (χ0v) is 6.30. The molecule has 0 aliphatic carbocycles. The Hall–Kier alpha value is -1.16. The molecule has 0 aromatic rings. The Bertz CT molecular complexity index is 246. The summed E-state index contributed by atoms with van der Waals surface area (Å²) in [6.07, 6.45) is -3.52. The van der Waals surface area contributed by atoms with Crippen LogP contribution in [-0.4, -0.2) is 12.3 Å². The Morgan fingerprint density at radius 3 is 2.25 bits per heavy atom. The molecule has 4 heteroatoms. The molecule has 0 N–H and O–H groups in total. The maximum Gasteiger partial charge on any atom is 0.370 e. The molecule has 0 rings (SSSR count). The summed E-state index contributed by atoms with van der Waals surface area (Å²) in [4.78, 5) is 0. The van der Waals surface area contributed by atoms with Crippen LogP contribution >= 0.6 is 0 Å². The van der Waals surface area contributed by atoms with Crippen molar-refractivity contribution in [1.82, 2.24) is 0 Å². The number of rotatable bonds is 1. The zero-order chi connectivity index (χ0) is 9.61. The first-order valence-electron chi connectivity index (χ1n) is 3.08. The van der Waals surface area contributed by atoms with Gasteiger partial charge in [-0.05, 0) is 18.8 Å². The summed E-state index contributed by atoms with van der Waals surface area (Å²) >= 11 is 0. The molecule has 0 nitrogen and oxygen atoms in total. The lowest BCUT2D eigenvalue weighted by atomic mass is 10.3. The molecule has 0 aromatic carbocycles. The van der Waals surface area contributed by atoms with Crippen LogP contribution in [0.5, 0.6) is 0 Å². The fraction of sp³-hybridized carbons (Fsp3) is 0.500. The molecule has 0 saturated heterocycles. The molecule has 66 valence electrons. The van der Waals surface area contributed by atoms with Crippen LogP contribution in [0.3, 0.4) is 0 Å². The van der Waals surface area contributed by atoms with Crippen LogP contribution in [0.1, 0.15) is 13.3 Å². The van der Waals surface area contributed by atoms with Gasteiger partial charge in [-0.3, -0.25) is 0 Å². The largest absolute Gasteiger partial charge is 0.370 e. The van der Waals surface area contributed by atoms with E-state index >= 15 is 0 Å². The third kappa shape index (κ3) is 5.61. The van der Waals surface area contributed by atoms with Crippen LogP contribution in [0.25, 0.3) is 0 Å². The van der Waals surface area contributed by atoms with E-state index in [0.717, 1.165) is 0 Å². The van der Waals surface area contributed by atoms with Gasteiger partial charge < -0.3 is 0 Å². The summed E-state index contributed by atoms with van der Waals surface area (Å²) in [5.41, 5.74) is 0. The highest BCUT2D eigenvalue weighted by Crippen LogP contribution is 2.09. The van der Waals surface area contributed by atoms with Crippen LogP contribution in [0.2, 0.25) is 0 Å². The fourth-order valence-corrected chi connectivity index (χ4v) is 0.427. The Morgan fingerprint density at radius 1 is 1.25 bits per heavy atom. The third-order valence-electron chi connectivity index (χ3n) is 0.784. The van der Waals surface area contributed by atoms with Crippen LogP contribution in [0.4, 0.5) is 17.6 Å². The van der Waals surface area contributed by atoms with E-state index in [4.69, 9.17) is 0 Å². The van der Waals surface area contributed by atoms with Gasteiger partial charge in [0.05, 0.1) is 6.42 Å². The first kappa shape index (κ1) is 10.8. The standard InChI is InChI=1S/C8H6F4/c1-2-5-8(11,12)6-3-4-7(9)10/h7H,4H2,1H3. The summed E-state index contributed by atoms with van der Waals surface area (Å²) in [6.45, 7) is 1.22. The maximum atomic E-state index is 12.3. The molecule has 0 aliphatic heterocycles. The minimum Gasteiger partial charge on any atom is -0.209 e. The Kier molecular flexibility index (Phi) is 4.21. The Balaban J connectivity index is 4.15. The molecule has 0 bridgehead atoms. The summed E-state index contributed by atoms with van der Waals surface area (Å²) in [7, 11) is 0. The van der Waals surface area contributed by atoms with Gasteiger partial charge in [0, 0.05) is 0 Å². The van der Waals surface area contributed by atoms with Gasteiger partial charge in [0.15, 0.2) is 0 Å². The van der Waals surface area contributed by atoms with E-state index in [0.29, 0.717) is 0 Å². The minimum absolute atomic E-state index is 0.846. The average Bonchev–Trinajstić information content (AvgIpc) is 1.85. The summed E-state index contributed by atoms with van der Waals surface area (Å²) < 4.78 is 47.4. The quantitative estimate of drug-likeness (QED) is 0.427. The van der Waals surface area contributed by atoms with Gasteiger partial charge >= 0.3 is 5.92 Å². The lowest BCUT2D eigenvalue weighted by Crippen LogP contribution is -2.08. The van der Waals surface area contributed by atoms with Gasteiger partial charge in [0.1, 0.15) is 0 Å². The van der Waals surface area contributed by atoms with Crippen LogP contribution in [0.15, 0.2) is 0 Å². The van der Waals surface area contributed by atoms with E-state index in [-0.39, 0.29) is 0 Å². The van der Waals surface area contributed by atoms with E-state index in [1.807, 2.05) is 5.92 Å². The molecule has 0 radical (unpaired) electrons. The molecular weight excluding hydrogens is 172 g/mol. The monoisotopic (exact) mass is 178 g/mol. The molecule has 0 aliphatic rings. The second kappa shape index (κ2) is 4.66. The Labute approximate surface area is 68.0 Å². The van der Waals surface area contributed by atoms with Crippen molar-refractivity contribution in [2.45, 2.75) is 25.7 Å². The molecule has 12 heavy (non-hydrogen) atoms. The maximum absolute atomic E-state index is 12.3. The zero-order valence-electron chi connectivity index (χ0n) is 6.30.